The molecule has 0 aliphatic carbocycles. The van der Waals surface area contributed by atoms with Crippen LogP contribution in [-0.4, -0.2) is 26.7 Å². The van der Waals surface area contributed by atoms with Crippen LogP contribution in [0.15, 0.2) is 47.1 Å². The Kier molecular flexibility index (Phi) is 5.21. The monoisotopic (exact) mass is 382 g/mol. The zero-order valence-electron chi connectivity index (χ0n) is 13.4. The molecule has 2 heterocycles. The number of hydrogen-bond donors (Lipinski definition) is 4. The number of halogens is 3. The molecule has 12 heteroatoms. The zero-order valence-corrected chi connectivity index (χ0v) is 13.4. The van der Waals surface area contributed by atoms with Crippen molar-refractivity contribution >= 4 is 11.7 Å². The van der Waals surface area contributed by atoms with Gasteiger partial charge in [0.25, 0.3) is 0 Å². The average molecular weight is 382 g/mol. The first-order valence-electron chi connectivity index (χ1n) is 7.42. The lowest BCUT2D eigenvalue weighted by molar-refractivity contribution is -0.274. The summed E-state index contributed by atoms with van der Waals surface area (Å²) in [6.45, 7) is 0. The van der Waals surface area contributed by atoms with Gasteiger partial charge in [0.15, 0.2) is 0 Å². The third kappa shape index (κ3) is 4.91. The first kappa shape index (κ1) is 18.6. The number of rotatable bonds is 6. The van der Waals surface area contributed by atoms with E-state index in [1.807, 2.05) is 5.48 Å². The first-order valence-corrected chi connectivity index (χ1v) is 7.42. The van der Waals surface area contributed by atoms with Gasteiger partial charge in [0, 0.05) is 5.56 Å². The van der Waals surface area contributed by atoms with E-state index in [1.165, 1.54) is 18.3 Å². The maximum atomic E-state index is 12.2. The van der Waals surface area contributed by atoms with E-state index in [1.54, 1.807) is 12.1 Å². The third-order valence-electron chi connectivity index (χ3n) is 3.27. The van der Waals surface area contributed by atoms with Crippen molar-refractivity contribution in [1.29, 1.82) is 0 Å². The summed E-state index contributed by atoms with van der Waals surface area (Å²) in [6.07, 6.45) is -4.14. The lowest BCUT2D eigenvalue weighted by atomic mass is 10.2. The van der Waals surface area contributed by atoms with Crippen LogP contribution in [0.25, 0.3) is 11.4 Å². The minimum Gasteiger partial charge on any atom is -0.406 e. The Labute approximate surface area is 149 Å². The van der Waals surface area contributed by atoms with Crippen molar-refractivity contribution in [3.8, 4) is 17.1 Å². The molecule has 1 aromatic carbocycles. The van der Waals surface area contributed by atoms with Crippen LogP contribution in [0, 0.1) is 0 Å². The molecule has 1 unspecified atom stereocenters. The largest absolute Gasteiger partial charge is 0.573 e. The fourth-order valence-electron chi connectivity index (χ4n) is 2.05. The number of nitrogens with two attached hydrogens (primary N) is 1. The normalized spacial score (nSPS) is 12.6. The molecule has 0 aliphatic rings. The Morgan fingerprint density at radius 3 is 2.48 bits per heavy atom. The molecule has 5 N–H and O–H groups in total. The van der Waals surface area contributed by atoms with Crippen LogP contribution in [0.4, 0.5) is 24.9 Å². The molecule has 0 spiro atoms. The lowest BCUT2D eigenvalue weighted by Crippen LogP contribution is -2.26. The highest BCUT2D eigenvalue weighted by Gasteiger charge is 2.31. The smallest absolute Gasteiger partial charge is 0.406 e. The van der Waals surface area contributed by atoms with Crippen molar-refractivity contribution in [1.82, 2.24) is 20.6 Å². The lowest BCUT2D eigenvalue weighted by Gasteiger charge is -2.08. The zero-order chi connectivity index (χ0) is 19.4. The summed E-state index contributed by atoms with van der Waals surface area (Å²) in [5.41, 5.74) is 8.80. The number of alkyl halides is 3. The highest BCUT2D eigenvalue weighted by molar-refractivity contribution is 5.58. The average Bonchev–Trinajstić information content (AvgIpc) is 3.09. The molecule has 2 aromatic heterocycles. The van der Waals surface area contributed by atoms with Crippen LogP contribution >= 0.6 is 0 Å². The standard InChI is InChI=1S/C15H13F3N6O3/c16-15(17,18)26-10-4-1-8(2-5-10)13-22-14(27-24-13)21-9-3-6-11(20-7-9)12(19)23-25/h1-7,12,23,25H,19H2,(H,21,22,24). The molecule has 1 atom stereocenters. The Morgan fingerprint density at radius 2 is 1.89 bits per heavy atom. The van der Waals surface area contributed by atoms with E-state index in [-0.39, 0.29) is 17.6 Å². The summed E-state index contributed by atoms with van der Waals surface area (Å²) in [5.74, 6) is -0.179. The SMILES string of the molecule is NC(NO)c1ccc(Nc2nc(-c3ccc(OC(F)(F)F)cc3)no2)cn1. The van der Waals surface area contributed by atoms with Crippen LogP contribution in [-0.2, 0) is 0 Å². The van der Waals surface area contributed by atoms with Crippen LogP contribution in [0.1, 0.15) is 11.9 Å². The van der Waals surface area contributed by atoms with E-state index in [0.717, 1.165) is 12.1 Å². The highest BCUT2D eigenvalue weighted by Crippen LogP contribution is 2.26. The molecule has 0 bridgehead atoms. The molecule has 0 fully saturated rings. The molecule has 3 aromatic rings. The predicted molar refractivity (Wildman–Crippen MR) is 85.8 cm³/mol. The molecule has 3 rings (SSSR count). The van der Waals surface area contributed by atoms with Gasteiger partial charge in [0.05, 0.1) is 17.6 Å². The minimum atomic E-state index is -4.76. The van der Waals surface area contributed by atoms with Gasteiger partial charge in [-0.3, -0.25) is 4.98 Å². The number of nitrogens with one attached hydrogen (secondary N) is 2. The van der Waals surface area contributed by atoms with Crippen LogP contribution in [0.3, 0.4) is 0 Å². The second-order valence-corrected chi connectivity index (χ2v) is 5.20. The van der Waals surface area contributed by atoms with E-state index < -0.39 is 12.5 Å². The summed E-state index contributed by atoms with van der Waals surface area (Å²) in [7, 11) is 0. The number of nitrogens with zero attached hydrogens (tertiary/aromatic N) is 3. The molecular formula is C15H13F3N6O3. The fourth-order valence-corrected chi connectivity index (χ4v) is 2.05. The molecule has 0 radical (unpaired) electrons. The molecular weight excluding hydrogens is 369 g/mol. The molecule has 0 saturated heterocycles. The maximum Gasteiger partial charge on any atom is 0.573 e. The first-order chi connectivity index (χ1) is 12.8. The number of aromatic nitrogens is 3. The van der Waals surface area contributed by atoms with E-state index in [2.05, 4.69) is 25.2 Å². The van der Waals surface area contributed by atoms with Crippen molar-refractivity contribution < 1.29 is 27.6 Å². The summed E-state index contributed by atoms with van der Waals surface area (Å²) < 4.78 is 45.3. The molecule has 0 aliphatic heterocycles. The highest BCUT2D eigenvalue weighted by atomic mass is 19.4. The van der Waals surface area contributed by atoms with Gasteiger partial charge in [-0.2, -0.15) is 10.5 Å². The number of hydroxylamine groups is 1. The van der Waals surface area contributed by atoms with Gasteiger partial charge in [-0.15, -0.1) is 13.2 Å². The van der Waals surface area contributed by atoms with E-state index in [0.29, 0.717) is 16.9 Å². The number of benzene rings is 1. The number of anilines is 2. The predicted octanol–water partition coefficient (Wildman–Crippen LogP) is 2.71. The van der Waals surface area contributed by atoms with Gasteiger partial charge in [-0.1, -0.05) is 5.16 Å². The number of pyridine rings is 1. The third-order valence-corrected chi connectivity index (χ3v) is 3.27. The number of ether oxygens (including phenoxy) is 1. The van der Waals surface area contributed by atoms with E-state index in [4.69, 9.17) is 15.5 Å². The van der Waals surface area contributed by atoms with Gasteiger partial charge < -0.3 is 25.5 Å². The summed E-state index contributed by atoms with van der Waals surface area (Å²) >= 11 is 0. The Bertz CT molecular complexity index is 883. The van der Waals surface area contributed by atoms with Gasteiger partial charge >= 0.3 is 12.4 Å². The summed E-state index contributed by atoms with van der Waals surface area (Å²) in [4.78, 5) is 8.14. The van der Waals surface area contributed by atoms with Gasteiger partial charge in [-0.25, -0.2) is 0 Å². The Hall–Kier alpha value is -3.22. The van der Waals surface area contributed by atoms with Gasteiger partial charge in [0.1, 0.15) is 11.9 Å². The Balaban J connectivity index is 1.68. The number of hydrogen-bond acceptors (Lipinski definition) is 9. The second-order valence-electron chi connectivity index (χ2n) is 5.20. The molecule has 0 amide bonds. The van der Waals surface area contributed by atoms with Crippen LogP contribution in [0.5, 0.6) is 5.75 Å². The van der Waals surface area contributed by atoms with Crippen molar-refractivity contribution in [3.05, 3.63) is 48.3 Å². The van der Waals surface area contributed by atoms with Crippen molar-refractivity contribution in [3.63, 3.8) is 0 Å². The van der Waals surface area contributed by atoms with Crippen molar-refractivity contribution in [2.45, 2.75) is 12.5 Å². The topological polar surface area (TPSA) is 131 Å². The van der Waals surface area contributed by atoms with Crippen LogP contribution in [0.2, 0.25) is 0 Å². The Morgan fingerprint density at radius 1 is 1.15 bits per heavy atom. The van der Waals surface area contributed by atoms with Crippen LogP contribution < -0.4 is 21.3 Å². The van der Waals surface area contributed by atoms with E-state index >= 15 is 0 Å². The van der Waals surface area contributed by atoms with Crippen molar-refractivity contribution in [2.75, 3.05) is 5.32 Å². The van der Waals surface area contributed by atoms with E-state index in [9.17, 15) is 13.2 Å². The second kappa shape index (κ2) is 7.57. The molecule has 142 valence electrons. The van der Waals surface area contributed by atoms with Gasteiger partial charge in [-0.05, 0) is 36.4 Å². The molecule has 27 heavy (non-hydrogen) atoms. The fraction of sp³-hybridized carbons (Fsp3) is 0.133. The quantitative estimate of drug-likeness (QED) is 0.375. The summed E-state index contributed by atoms with van der Waals surface area (Å²) in [5, 5.41) is 15.3. The molecule has 9 nitrogen and oxygen atoms in total. The molecule has 0 saturated carbocycles. The van der Waals surface area contributed by atoms with Crippen molar-refractivity contribution in [2.24, 2.45) is 5.73 Å². The summed E-state index contributed by atoms with van der Waals surface area (Å²) in [6, 6.07) is 8.30. The minimum absolute atomic E-state index is 0.0553. The van der Waals surface area contributed by atoms with Gasteiger partial charge in [0.2, 0.25) is 5.82 Å². The maximum absolute atomic E-state index is 12.2.